The predicted octanol–water partition coefficient (Wildman–Crippen LogP) is 5.21. The zero-order valence-electron chi connectivity index (χ0n) is 18.8. The van der Waals surface area contributed by atoms with E-state index in [2.05, 4.69) is 42.7 Å². The van der Waals surface area contributed by atoms with Crippen LogP contribution in [0.5, 0.6) is 0 Å². The number of ether oxygens (including phenoxy) is 1. The Morgan fingerprint density at radius 3 is 2.35 bits per heavy atom. The molecule has 1 atom stereocenters. The van der Waals surface area contributed by atoms with Crippen molar-refractivity contribution in [2.45, 2.75) is 53.5 Å². The van der Waals surface area contributed by atoms with Gasteiger partial charge in [-0.2, -0.15) is 0 Å². The maximum atomic E-state index is 12.8. The first-order valence-corrected chi connectivity index (χ1v) is 11.2. The Kier molecular flexibility index (Phi) is 6.74. The minimum Gasteiger partial charge on any atom is -0.464 e. The van der Waals surface area contributed by atoms with Crippen molar-refractivity contribution < 1.29 is 19.1 Å². The molecule has 0 radical (unpaired) electrons. The second kappa shape index (κ2) is 9.14. The zero-order valence-corrected chi connectivity index (χ0v) is 19.6. The molecule has 6 nitrogen and oxygen atoms in total. The number of amides is 2. The van der Waals surface area contributed by atoms with Crippen molar-refractivity contribution in [3.8, 4) is 5.69 Å². The van der Waals surface area contributed by atoms with Gasteiger partial charge in [0.1, 0.15) is 6.04 Å². The Balaban J connectivity index is 1.91. The summed E-state index contributed by atoms with van der Waals surface area (Å²) in [5.41, 5.74) is 5.18. The van der Waals surface area contributed by atoms with Gasteiger partial charge < -0.3 is 9.30 Å². The van der Waals surface area contributed by atoms with Crippen molar-refractivity contribution in [1.29, 1.82) is 0 Å². The number of carbonyl (C=O) groups is 3. The van der Waals surface area contributed by atoms with E-state index in [4.69, 9.17) is 4.74 Å². The molecule has 2 heterocycles. The lowest BCUT2D eigenvalue weighted by molar-refractivity contribution is -0.150. The summed E-state index contributed by atoms with van der Waals surface area (Å²) in [5.74, 6) is -0.597. The molecule has 2 amide bonds. The fraction of sp³-hybridized carbons (Fsp3) is 0.375. The van der Waals surface area contributed by atoms with E-state index in [1.54, 1.807) is 13.0 Å². The highest BCUT2D eigenvalue weighted by Crippen LogP contribution is 2.35. The molecule has 0 N–H and O–H groups in total. The molecule has 0 spiro atoms. The van der Waals surface area contributed by atoms with Gasteiger partial charge in [0.15, 0.2) is 0 Å². The quantitative estimate of drug-likeness (QED) is 0.456. The molecule has 1 aromatic heterocycles. The van der Waals surface area contributed by atoms with Crippen molar-refractivity contribution in [3.05, 3.63) is 57.8 Å². The molecule has 1 aliphatic rings. The third-order valence-corrected chi connectivity index (χ3v) is 6.30. The molecule has 3 rings (SSSR count). The molecular formula is C24H28N2O4S. The average molecular weight is 441 g/mol. The summed E-state index contributed by atoms with van der Waals surface area (Å²) < 4.78 is 7.09. The molecule has 164 valence electrons. The molecule has 0 bridgehead atoms. The highest BCUT2D eigenvalue weighted by atomic mass is 32.2. The van der Waals surface area contributed by atoms with Crippen molar-refractivity contribution in [3.63, 3.8) is 0 Å². The number of esters is 1. The maximum absolute atomic E-state index is 12.8. The number of carbonyl (C=O) groups excluding carboxylic acids is 3. The van der Waals surface area contributed by atoms with Crippen LogP contribution < -0.4 is 0 Å². The lowest BCUT2D eigenvalue weighted by atomic mass is 10.0. The molecule has 1 fully saturated rings. The van der Waals surface area contributed by atoms with Crippen LogP contribution in [-0.4, -0.2) is 39.2 Å². The van der Waals surface area contributed by atoms with Crippen LogP contribution in [0.2, 0.25) is 0 Å². The number of imide groups is 1. The van der Waals surface area contributed by atoms with E-state index in [0.717, 1.165) is 39.3 Å². The van der Waals surface area contributed by atoms with E-state index >= 15 is 0 Å². The summed E-state index contributed by atoms with van der Waals surface area (Å²) in [6.07, 6.45) is 1.73. The van der Waals surface area contributed by atoms with Crippen LogP contribution in [0.15, 0.2) is 35.2 Å². The molecule has 0 unspecified atom stereocenters. The van der Waals surface area contributed by atoms with Crippen LogP contribution in [0.1, 0.15) is 56.1 Å². The number of nitrogens with zero attached hydrogens (tertiary/aromatic N) is 2. The van der Waals surface area contributed by atoms with Crippen LogP contribution in [0, 0.1) is 13.8 Å². The SMILES string of the molecule is CCOC(=O)[C@H](C)N1C(=O)S/C(=C/c2cc(C)n(-c3ccc(C(C)C)cc3)c2C)C1=O. The first-order valence-electron chi connectivity index (χ1n) is 10.4. The first-order chi connectivity index (χ1) is 14.6. The summed E-state index contributed by atoms with van der Waals surface area (Å²) in [5, 5.41) is -0.463. The largest absolute Gasteiger partial charge is 0.464 e. The van der Waals surface area contributed by atoms with E-state index in [0.29, 0.717) is 10.8 Å². The second-order valence-electron chi connectivity index (χ2n) is 7.89. The Labute approximate surface area is 187 Å². The molecule has 31 heavy (non-hydrogen) atoms. The molecule has 7 heteroatoms. The average Bonchev–Trinajstić information content (AvgIpc) is 3.16. The number of hydrogen-bond donors (Lipinski definition) is 0. The highest BCUT2D eigenvalue weighted by molar-refractivity contribution is 8.18. The van der Waals surface area contributed by atoms with Crippen LogP contribution >= 0.6 is 11.8 Å². The smallest absolute Gasteiger partial charge is 0.329 e. The summed E-state index contributed by atoms with van der Waals surface area (Å²) in [4.78, 5) is 38.5. The van der Waals surface area contributed by atoms with Crippen molar-refractivity contribution in [2.24, 2.45) is 0 Å². The van der Waals surface area contributed by atoms with Crippen molar-refractivity contribution in [1.82, 2.24) is 9.47 Å². The lowest BCUT2D eigenvalue weighted by Gasteiger charge is -2.19. The van der Waals surface area contributed by atoms with Crippen LogP contribution in [0.25, 0.3) is 11.8 Å². The lowest BCUT2D eigenvalue weighted by Crippen LogP contribution is -2.42. The molecule has 2 aromatic rings. The minimum atomic E-state index is -0.953. The Bertz CT molecular complexity index is 1050. The van der Waals surface area contributed by atoms with E-state index in [-0.39, 0.29) is 6.61 Å². The molecule has 0 aliphatic carbocycles. The summed E-state index contributed by atoms with van der Waals surface area (Å²) >= 11 is 0.847. The highest BCUT2D eigenvalue weighted by Gasteiger charge is 2.41. The monoisotopic (exact) mass is 440 g/mol. The summed E-state index contributed by atoms with van der Waals surface area (Å²) in [6.45, 7) is 11.7. The molecule has 1 aromatic carbocycles. The second-order valence-corrected chi connectivity index (χ2v) is 8.88. The van der Waals surface area contributed by atoms with Gasteiger partial charge in [0.05, 0.1) is 11.5 Å². The standard InChI is InChI=1S/C24H28N2O4S/c1-7-30-23(28)17(6)26-22(27)21(31-24(26)29)13-19-12-15(4)25(16(19)5)20-10-8-18(9-11-20)14(2)3/h8-14,17H,7H2,1-6H3/b21-13+/t17-/m0/s1. The van der Waals surface area contributed by atoms with E-state index in [1.807, 2.05) is 19.9 Å². The van der Waals surface area contributed by atoms with Gasteiger partial charge in [0, 0.05) is 17.1 Å². The fourth-order valence-corrected chi connectivity index (χ4v) is 4.56. The normalized spacial score (nSPS) is 16.5. The molecule has 1 saturated heterocycles. The number of aryl methyl sites for hydroxylation is 1. The van der Waals surface area contributed by atoms with Gasteiger partial charge in [0.2, 0.25) is 0 Å². The zero-order chi connectivity index (χ0) is 22.9. The van der Waals surface area contributed by atoms with Crippen molar-refractivity contribution in [2.75, 3.05) is 6.61 Å². The number of hydrogen-bond acceptors (Lipinski definition) is 5. The Morgan fingerprint density at radius 1 is 1.13 bits per heavy atom. The minimum absolute atomic E-state index is 0.194. The van der Waals surface area contributed by atoms with Gasteiger partial charge in [-0.3, -0.25) is 14.5 Å². The van der Waals surface area contributed by atoms with E-state index < -0.39 is 23.2 Å². The summed E-state index contributed by atoms with van der Waals surface area (Å²) in [7, 11) is 0. The van der Waals surface area contributed by atoms with E-state index in [1.165, 1.54) is 12.5 Å². The van der Waals surface area contributed by atoms with Gasteiger partial charge in [-0.25, -0.2) is 4.79 Å². The predicted molar refractivity (Wildman–Crippen MR) is 123 cm³/mol. The van der Waals surface area contributed by atoms with Crippen LogP contribution in [-0.2, 0) is 14.3 Å². The maximum Gasteiger partial charge on any atom is 0.329 e. The number of thioether (sulfide) groups is 1. The van der Waals surface area contributed by atoms with Gasteiger partial charge in [-0.15, -0.1) is 0 Å². The fourth-order valence-electron chi connectivity index (χ4n) is 3.66. The Hall–Kier alpha value is -2.80. The number of aromatic nitrogens is 1. The third kappa shape index (κ3) is 4.46. The first kappa shape index (κ1) is 22.9. The van der Waals surface area contributed by atoms with Gasteiger partial charge >= 0.3 is 5.97 Å². The number of rotatable bonds is 6. The van der Waals surface area contributed by atoms with E-state index in [9.17, 15) is 14.4 Å². The van der Waals surface area contributed by atoms with Crippen LogP contribution in [0.3, 0.4) is 0 Å². The topological polar surface area (TPSA) is 68.6 Å². The molecule has 0 saturated carbocycles. The number of benzene rings is 1. The Morgan fingerprint density at radius 2 is 1.77 bits per heavy atom. The van der Waals surface area contributed by atoms with Gasteiger partial charge in [-0.1, -0.05) is 26.0 Å². The van der Waals surface area contributed by atoms with Gasteiger partial charge in [-0.05, 0) is 80.8 Å². The van der Waals surface area contributed by atoms with Crippen LogP contribution in [0.4, 0.5) is 4.79 Å². The van der Waals surface area contributed by atoms with Gasteiger partial charge in [0.25, 0.3) is 11.1 Å². The summed E-state index contributed by atoms with van der Waals surface area (Å²) in [6, 6.07) is 9.47. The third-order valence-electron chi connectivity index (χ3n) is 5.41. The van der Waals surface area contributed by atoms with Crippen molar-refractivity contribution >= 4 is 35.0 Å². The molecule has 1 aliphatic heterocycles. The molecular weight excluding hydrogens is 412 g/mol.